The Kier molecular flexibility index (Phi) is 3.65. The highest BCUT2D eigenvalue weighted by molar-refractivity contribution is 7.88. The van der Waals surface area contributed by atoms with Gasteiger partial charge in [0.05, 0.1) is 6.07 Å². The molecule has 0 saturated carbocycles. The molecule has 1 N–H and O–H groups in total. The van der Waals surface area contributed by atoms with Crippen LogP contribution < -0.4 is 5.32 Å². The second kappa shape index (κ2) is 5.06. The van der Waals surface area contributed by atoms with E-state index < -0.39 is 16.1 Å². The van der Waals surface area contributed by atoms with Crippen molar-refractivity contribution in [3.63, 3.8) is 0 Å². The third kappa shape index (κ3) is 2.69. The van der Waals surface area contributed by atoms with Gasteiger partial charge in [-0.1, -0.05) is 5.16 Å². The lowest BCUT2D eigenvalue weighted by molar-refractivity contribution is 0.311. The number of sulfonamides is 1. The van der Waals surface area contributed by atoms with Gasteiger partial charge in [0.25, 0.3) is 0 Å². The smallest absolute Gasteiger partial charge is 0.221 e. The van der Waals surface area contributed by atoms with E-state index in [2.05, 4.69) is 10.5 Å². The number of hydrogen-bond donors (Lipinski definition) is 1. The van der Waals surface area contributed by atoms with Gasteiger partial charge in [-0.3, -0.25) is 0 Å². The summed E-state index contributed by atoms with van der Waals surface area (Å²) in [5.74, 6) is 0.333. The average Bonchev–Trinajstić information content (AvgIpc) is 2.74. The maximum Gasteiger partial charge on any atom is 0.221 e. The van der Waals surface area contributed by atoms with Crippen molar-refractivity contribution in [3.05, 3.63) is 17.5 Å². The maximum absolute atomic E-state index is 12.2. The van der Waals surface area contributed by atoms with Crippen LogP contribution in [0.5, 0.6) is 0 Å². The Hall–Kier alpha value is -1.43. The zero-order valence-corrected chi connectivity index (χ0v) is 10.8. The van der Waals surface area contributed by atoms with E-state index in [1.165, 1.54) is 4.31 Å². The second-order valence-corrected chi connectivity index (χ2v) is 6.07. The minimum atomic E-state index is -3.54. The maximum atomic E-state index is 12.2. The predicted octanol–water partition coefficient (Wildman–Crippen LogP) is -0.390. The summed E-state index contributed by atoms with van der Waals surface area (Å²) < 4.78 is 30.5. The number of piperazine rings is 1. The Balaban J connectivity index is 2.17. The molecule has 7 nitrogen and oxygen atoms in total. The van der Waals surface area contributed by atoms with Gasteiger partial charge >= 0.3 is 0 Å². The van der Waals surface area contributed by atoms with Gasteiger partial charge < -0.3 is 9.84 Å². The fourth-order valence-electron chi connectivity index (χ4n) is 1.88. The largest absolute Gasteiger partial charge is 0.361 e. The molecule has 0 spiro atoms. The van der Waals surface area contributed by atoms with Gasteiger partial charge in [-0.05, 0) is 6.92 Å². The van der Waals surface area contributed by atoms with Gasteiger partial charge in [0.15, 0.2) is 0 Å². The highest BCUT2D eigenvalue weighted by Crippen LogP contribution is 2.15. The molecular formula is C10H14N4O3S. The minimum absolute atomic E-state index is 0.234. The normalized spacial score (nSPS) is 21.7. The molecule has 0 aliphatic carbocycles. The molecule has 1 aliphatic rings. The zero-order valence-electron chi connectivity index (χ0n) is 9.96. The summed E-state index contributed by atoms with van der Waals surface area (Å²) in [6, 6.07) is 2.92. The van der Waals surface area contributed by atoms with E-state index in [-0.39, 0.29) is 5.75 Å². The van der Waals surface area contributed by atoms with Crippen LogP contribution in [0.4, 0.5) is 0 Å². The topological polar surface area (TPSA) is 99.2 Å². The van der Waals surface area contributed by atoms with E-state index in [4.69, 9.17) is 9.78 Å². The van der Waals surface area contributed by atoms with Crippen molar-refractivity contribution in [1.82, 2.24) is 14.8 Å². The number of nitriles is 1. The van der Waals surface area contributed by atoms with Crippen LogP contribution >= 0.6 is 0 Å². The first kappa shape index (κ1) is 13.0. The van der Waals surface area contributed by atoms with Crippen molar-refractivity contribution in [2.45, 2.75) is 18.7 Å². The van der Waals surface area contributed by atoms with Crippen molar-refractivity contribution in [2.24, 2.45) is 0 Å². The van der Waals surface area contributed by atoms with Crippen molar-refractivity contribution >= 4 is 10.0 Å². The average molecular weight is 270 g/mol. The van der Waals surface area contributed by atoms with Crippen molar-refractivity contribution in [1.29, 1.82) is 5.26 Å². The van der Waals surface area contributed by atoms with Crippen LogP contribution in [-0.2, 0) is 15.8 Å². The number of hydrogen-bond acceptors (Lipinski definition) is 6. The first-order valence-electron chi connectivity index (χ1n) is 5.55. The third-order valence-corrected chi connectivity index (χ3v) is 4.52. The lowest BCUT2D eigenvalue weighted by Crippen LogP contribution is -2.53. The van der Waals surface area contributed by atoms with Crippen LogP contribution in [0.15, 0.2) is 10.6 Å². The summed E-state index contributed by atoms with van der Waals surface area (Å²) in [6.07, 6.45) is 0. The number of aryl methyl sites for hydroxylation is 1. The Morgan fingerprint density at radius 2 is 2.50 bits per heavy atom. The number of nitrogens with zero attached hydrogens (tertiary/aromatic N) is 3. The monoisotopic (exact) mass is 270 g/mol. The molecule has 18 heavy (non-hydrogen) atoms. The Morgan fingerprint density at radius 3 is 3.11 bits per heavy atom. The molecule has 98 valence electrons. The van der Waals surface area contributed by atoms with E-state index in [0.29, 0.717) is 31.1 Å². The molecule has 1 atom stereocenters. The van der Waals surface area contributed by atoms with Gasteiger partial charge in [0.2, 0.25) is 10.0 Å². The highest BCUT2D eigenvalue weighted by atomic mass is 32.2. The summed E-state index contributed by atoms with van der Waals surface area (Å²) in [5.41, 5.74) is 0.364. The standard InChI is InChI=1S/C10H14N4O3S/c1-8-4-9(13-17-8)7-18(15,16)14-3-2-12-6-10(14)5-11/h4,10,12H,2-3,6-7H2,1H3. The van der Waals surface area contributed by atoms with E-state index >= 15 is 0 Å². The Labute approximate surface area is 105 Å². The molecule has 0 radical (unpaired) electrons. The first-order chi connectivity index (χ1) is 8.53. The zero-order chi connectivity index (χ0) is 13.2. The minimum Gasteiger partial charge on any atom is -0.361 e. The van der Waals surface area contributed by atoms with Gasteiger partial charge in [0, 0.05) is 25.7 Å². The molecule has 8 heteroatoms. The van der Waals surface area contributed by atoms with Crippen molar-refractivity contribution in [3.8, 4) is 6.07 Å². The lowest BCUT2D eigenvalue weighted by Gasteiger charge is -2.30. The predicted molar refractivity (Wildman–Crippen MR) is 62.8 cm³/mol. The number of nitrogens with one attached hydrogen (secondary N) is 1. The van der Waals surface area contributed by atoms with Crippen LogP contribution in [0, 0.1) is 18.3 Å². The van der Waals surface area contributed by atoms with Gasteiger partial charge in [-0.15, -0.1) is 0 Å². The summed E-state index contributed by atoms with van der Waals surface area (Å²) in [4.78, 5) is 0. The summed E-state index contributed by atoms with van der Waals surface area (Å²) in [7, 11) is -3.54. The molecule has 1 aromatic rings. The molecule has 1 saturated heterocycles. The van der Waals surface area contributed by atoms with Crippen LogP contribution in [0.1, 0.15) is 11.5 Å². The van der Waals surface area contributed by atoms with Crippen molar-refractivity contribution in [2.75, 3.05) is 19.6 Å². The SMILES string of the molecule is Cc1cc(CS(=O)(=O)N2CCNCC2C#N)no1. The molecule has 0 bridgehead atoms. The third-order valence-electron chi connectivity index (χ3n) is 2.71. The van der Waals surface area contributed by atoms with Crippen LogP contribution in [0.3, 0.4) is 0 Å². The van der Waals surface area contributed by atoms with E-state index in [1.54, 1.807) is 13.0 Å². The fraction of sp³-hybridized carbons (Fsp3) is 0.600. The highest BCUT2D eigenvalue weighted by Gasteiger charge is 2.32. The summed E-state index contributed by atoms with van der Waals surface area (Å²) in [6.45, 7) is 2.91. The van der Waals surface area contributed by atoms with Crippen LogP contribution in [0.25, 0.3) is 0 Å². The molecule has 0 aromatic carbocycles. The molecule has 2 heterocycles. The lowest BCUT2D eigenvalue weighted by atomic mass is 10.3. The summed E-state index contributed by atoms with van der Waals surface area (Å²) >= 11 is 0. The molecule has 2 rings (SSSR count). The number of rotatable bonds is 3. The van der Waals surface area contributed by atoms with Gasteiger partial charge in [0.1, 0.15) is 23.2 Å². The molecular weight excluding hydrogens is 256 g/mol. The Morgan fingerprint density at radius 1 is 1.72 bits per heavy atom. The first-order valence-corrected chi connectivity index (χ1v) is 7.16. The second-order valence-electron chi connectivity index (χ2n) is 4.14. The molecule has 1 fully saturated rings. The van der Waals surface area contributed by atoms with Gasteiger partial charge in [-0.2, -0.15) is 9.57 Å². The molecule has 1 aliphatic heterocycles. The number of aromatic nitrogens is 1. The quantitative estimate of drug-likeness (QED) is 0.803. The molecule has 1 unspecified atom stereocenters. The van der Waals surface area contributed by atoms with E-state index in [9.17, 15) is 8.42 Å². The van der Waals surface area contributed by atoms with E-state index in [1.807, 2.05) is 6.07 Å². The van der Waals surface area contributed by atoms with Gasteiger partial charge in [-0.25, -0.2) is 8.42 Å². The van der Waals surface area contributed by atoms with Crippen molar-refractivity contribution < 1.29 is 12.9 Å². The Bertz CT molecular complexity index is 560. The molecule has 1 aromatic heterocycles. The van der Waals surface area contributed by atoms with E-state index in [0.717, 1.165) is 0 Å². The summed E-state index contributed by atoms with van der Waals surface area (Å²) in [5, 5.41) is 15.6. The molecule has 0 amide bonds. The fourth-order valence-corrected chi connectivity index (χ4v) is 3.44. The van der Waals surface area contributed by atoms with Crippen LogP contribution in [-0.4, -0.2) is 43.6 Å². The van der Waals surface area contributed by atoms with Crippen LogP contribution in [0.2, 0.25) is 0 Å².